The molecule has 1 amide bonds. The van der Waals surface area contributed by atoms with Crippen molar-refractivity contribution in [2.75, 3.05) is 25.0 Å². The number of aliphatic carboxylic acids is 1. The molecule has 0 saturated carbocycles. The van der Waals surface area contributed by atoms with Gasteiger partial charge in [0, 0.05) is 41.7 Å². The zero-order valence-corrected chi connectivity index (χ0v) is 20.6. The molecule has 2 heterocycles. The number of amidine groups is 1. The quantitative estimate of drug-likeness (QED) is 0.200. The molecule has 0 unspecified atom stereocenters. The van der Waals surface area contributed by atoms with Crippen molar-refractivity contribution < 1.29 is 24.2 Å². The Hall–Kier alpha value is -4.24. The average Bonchev–Trinajstić information content (AvgIpc) is 3.44. The molecule has 198 valence electrons. The van der Waals surface area contributed by atoms with Crippen molar-refractivity contribution in [1.82, 2.24) is 9.88 Å². The topological polar surface area (TPSA) is 133 Å². The largest absolute Gasteiger partial charge is 0.482 e. The summed E-state index contributed by atoms with van der Waals surface area (Å²) in [6.45, 7) is 1.14. The Balaban J connectivity index is 0.00000400. The number of anilines is 1. The van der Waals surface area contributed by atoms with Gasteiger partial charge in [0.15, 0.2) is 12.4 Å². The number of amides is 1. The first-order valence-electron chi connectivity index (χ1n) is 11.7. The first-order valence-corrected chi connectivity index (χ1v) is 12.1. The third-order valence-corrected chi connectivity index (χ3v) is 6.10. The Labute approximate surface area is 225 Å². The lowest BCUT2D eigenvalue weighted by Gasteiger charge is -2.18. The molecular weight excluding hydrogens is 508 g/mol. The number of hydrogen-bond donors (Lipinski definition) is 3. The van der Waals surface area contributed by atoms with E-state index in [1.807, 2.05) is 4.90 Å². The third kappa shape index (κ3) is 7.17. The van der Waals surface area contributed by atoms with E-state index < -0.39 is 18.5 Å². The monoisotopic (exact) mass is 536 g/mol. The fourth-order valence-corrected chi connectivity index (χ4v) is 4.08. The highest BCUT2D eigenvalue weighted by molar-refractivity contribution is 6.30. The van der Waals surface area contributed by atoms with Crippen LogP contribution in [-0.4, -0.2) is 58.2 Å². The van der Waals surface area contributed by atoms with Crippen molar-refractivity contribution >= 4 is 40.8 Å². The molecule has 1 saturated heterocycles. The van der Waals surface area contributed by atoms with Crippen LogP contribution in [0, 0.1) is 5.41 Å². The van der Waals surface area contributed by atoms with Gasteiger partial charge in [0.05, 0.1) is 17.1 Å². The molecule has 0 atom stereocenters. The summed E-state index contributed by atoms with van der Waals surface area (Å²) in [7, 11) is 0. The molecule has 1 fully saturated rings. The molecule has 10 heteroatoms. The van der Waals surface area contributed by atoms with E-state index in [-0.39, 0.29) is 36.6 Å². The number of rotatable bonds is 9. The van der Waals surface area contributed by atoms with Crippen molar-refractivity contribution in [3.05, 3.63) is 88.2 Å². The number of carboxylic acids is 1. The first kappa shape index (κ1) is 28.3. The number of aromatic nitrogens is 1. The molecule has 1 aromatic heterocycles. The van der Waals surface area contributed by atoms with E-state index in [0.717, 1.165) is 31.5 Å². The van der Waals surface area contributed by atoms with Crippen LogP contribution in [0.15, 0.2) is 60.8 Å². The number of carbonyl (C=O) groups excluding carboxylic acids is 2. The fourth-order valence-electron chi connectivity index (χ4n) is 3.97. The number of carbonyl (C=O) groups is 3. The highest BCUT2D eigenvalue weighted by Gasteiger charge is 2.19. The number of likely N-dealkylation sites (tertiary alicyclic amines) is 1. The predicted octanol–water partition coefficient (Wildman–Crippen LogP) is 4.93. The summed E-state index contributed by atoms with van der Waals surface area (Å²) in [5.41, 5.74) is 1.98. The van der Waals surface area contributed by atoms with Crippen LogP contribution in [0.3, 0.4) is 0 Å². The van der Waals surface area contributed by atoms with Crippen molar-refractivity contribution in [1.29, 1.82) is 5.41 Å². The summed E-state index contributed by atoms with van der Waals surface area (Å²) in [6.07, 6.45) is 3.51. The van der Waals surface area contributed by atoms with Gasteiger partial charge < -0.3 is 20.1 Å². The number of nitrogens with zero attached hydrogens (tertiary/aromatic N) is 2. The standard InChI is InChI=1S/C27H25ClN4O5.CH4/c28-19-7-8-20(30-15-19)13-24(33)22-14-21(37-16-25(34)35)9-10-23(22)31-27(36)18-5-3-17(4-6-18)26(29)32-11-1-2-12-32;/h3-10,14-15,29H,1-2,11-13,16H2,(H,31,36)(H,34,35);1H4. The summed E-state index contributed by atoms with van der Waals surface area (Å²) in [6, 6.07) is 14.4. The summed E-state index contributed by atoms with van der Waals surface area (Å²) in [5.74, 6) is -1.32. The number of pyridine rings is 1. The second-order valence-electron chi connectivity index (χ2n) is 8.53. The van der Waals surface area contributed by atoms with Crippen LogP contribution in [0.4, 0.5) is 5.69 Å². The van der Waals surface area contributed by atoms with E-state index in [1.165, 1.54) is 24.4 Å². The van der Waals surface area contributed by atoms with Gasteiger partial charge in [-0.05, 0) is 55.3 Å². The van der Waals surface area contributed by atoms with E-state index in [9.17, 15) is 14.4 Å². The second kappa shape index (κ2) is 12.8. The number of benzene rings is 2. The lowest BCUT2D eigenvalue weighted by Crippen LogP contribution is -2.27. The zero-order chi connectivity index (χ0) is 26.4. The van der Waals surface area contributed by atoms with Crippen LogP contribution < -0.4 is 10.1 Å². The molecule has 1 aliphatic rings. The Morgan fingerprint density at radius 3 is 2.34 bits per heavy atom. The molecule has 0 spiro atoms. The van der Waals surface area contributed by atoms with Gasteiger partial charge >= 0.3 is 5.97 Å². The van der Waals surface area contributed by atoms with Crippen molar-refractivity contribution in [2.45, 2.75) is 26.7 Å². The molecule has 0 bridgehead atoms. The minimum Gasteiger partial charge on any atom is -0.482 e. The van der Waals surface area contributed by atoms with Crippen LogP contribution in [0.2, 0.25) is 5.02 Å². The molecule has 1 aliphatic heterocycles. The smallest absolute Gasteiger partial charge is 0.341 e. The van der Waals surface area contributed by atoms with Gasteiger partial charge in [0.2, 0.25) is 0 Å². The van der Waals surface area contributed by atoms with Crippen LogP contribution in [0.25, 0.3) is 0 Å². The average molecular weight is 537 g/mol. The third-order valence-electron chi connectivity index (χ3n) is 5.88. The van der Waals surface area contributed by atoms with Gasteiger partial charge in [-0.25, -0.2) is 4.79 Å². The van der Waals surface area contributed by atoms with E-state index >= 15 is 0 Å². The van der Waals surface area contributed by atoms with Crippen LogP contribution in [-0.2, 0) is 11.2 Å². The zero-order valence-electron chi connectivity index (χ0n) is 19.9. The summed E-state index contributed by atoms with van der Waals surface area (Å²) in [5, 5.41) is 20.5. The number of nitrogens with one attached hydrogen (secondary N) is 2. The van der Waals surface area contributed by atoms with Crippen molar-refractivity contribution in [3.63, 3.8) is 0 Å². The molecular formula is C28H29ClN4O5. The summed E-state index contributed by atoms with van der Waals surface area (Å²) < 4.78 is 5.22. The van der Waals surface area contributed by atoms with Crippen LogP contribution in [0.5, 0.6) is 5.75 Å². The first-order chi connectivity index (χ1) is 17.8. The summed E-state index contributed by atoms with van der Waals surface area (Å²) in [4.78, 5) is 43.2. The number of halogens is 1. The summed E-state index contributed by atoms with van der Waals surface area (Å²) >= 11 is 5.87. The minimum atomic E-state index is -1.16. The van der Waals surface area contributed by atoms with E-state index in [2.05, 4.69) is 10.3 Å². The van der Waals surface area contributed by atoms with Gasteiger partial charge in [0.1, 0.15) is 11.6 Å². The van der Waals surface area contributed by atoms with Gasteiger partial charge in [-0.15, -0.1) is 0 Å². The Morgan fingerprint density at radius 1 is 1.03 bits per heavy atom. The lowest BCUT2D eigenvalue weighted by atomic mass is 10.0. The highest BCUT2D eigenvalue weighted by atomic mass is 35.5. The molecule has 38 heavy (non-hydrogen) atoms. The maximum absolute atomic E-state index is 13.1. The van der Waals surface area contributed by atoms with Gasteiger partial charge in [-0.1, -0.05) is 31.2 Å². The SMILES string of the molecule is C.N=C(c1ccc(C(=O)Nc2ccc(OCC(=O)O)cc2C(=O)Cc2ccc(Cl)cn2)cc1)N1CCCC1. The molecule has 0 aliphatic carbocycles. The number of Topliss-reactive ketones (excluding diaryl/α,β-unsaturated/α-hetero) is 1. The number of hydrogen-bond acceptors (Lipinski definition) is 6. The van der Waals surface area contributed by atoms with E-state index in [4.69, 9.17) is 26.9 Å². The molecule has 3 N–H and O–H groups in total. The van der Waals surface area contributed by atoms with Gasteiger partial charge in [-0.2, -0.15) is 0 Å². The highest BCUT2D eigenvalue weighted by Crippen LogP contribution is 2.25. The maximum atomic E-state index is 13.1. The second-order valence-corrected chi connectivity index (χ2v) is 8.97. The van der Waals surface area contributed by atoms with Crippen molar-refractivity contribution in [3.8, 4) is 5.75 Å². The number of ketones is 1. The predicted molar refractivity (Wildman–Crippen MR) is 146 cm³/mol. The molecule has 3 aromatic rings. The van der Waals surface area contributed by atoms with Crippen LogP contribution in [0.1, 0.15) is 52.2 Å². The molecule has 2 aromatic carbocycles. The van der Waals surface area contributed by atoms with Gasteiger partial charge in [0.25, 0.3) is 5.91 Å². The maximum Gasteiger partial charge on any atom is 0.341 e. The van der Waals surface area contributed by atoms with Crippen molar-refractivity contribution in [2.24, 2.45) is 0 Å². The Kier molecular flexibility index (Phi) is 9.56. The van der Waals surface area contributed by atoms with E-state index in [1.54, 1.807) is 36.4 Å². The number of carboxylic acid groups (broad SMARTS) is 1. The molecule has 4 rings (SSSR count). The van der Waals surface area contributed by atoms with E-state index in [0.29, 0.717) is 22.1 Å². The molecule has 0 radical (unpaired) electrons. The van der Waals surface area contributed by atoms with Crippen LogP contribution >= 0.6 is 11.6 Å². The lowest BCUT2D eigenvalue weighted by molar-refractivity contribution is -0.139. The minimum absolute atomic E-state index is 0. The normalized spacial score (nSPS) is 12.4. The van der Waals surface area contributed by atoms with Gasteiger partial charge in [-0.3, -0.25) is 20.0 Å². The Morgan fingerprint density at radius 2 is 1.71 bits per heavy atom. The fraction of sp³-hybridized carbons (Fsp3) is 0.250. The molecule has 9 nitrogen and oxygen atoms in total. The Bertz CT molecular complexity index is 1320. The number of ether oxygens (including phenoxy) is 1.